The molecule has 0 bridgehead atoms. The van der Waals surface area contributed by atoms with Crippen LogP contribution in [0.2, 0.25) is 0 Å². The van der Waals surface area contributed by atoms with Gasteiger partial charge in [0.15, 0.2) is 0 Å². The topological polar surface area (TPSA) is 95.0 Å². The molecule has 1 amide bonds. The van der Waals surface area contributed by atoms with Gasteiger partial charge in [-0.05, 0) is 18.8 Å². The number of β-amino-alcohol motifs (C(OH)–C–C–N with tert-alkyl or cyclic N) is 1. The van der Waals surface area contributed by atoms with Gasteiger partial charge in [-0.1, -0.05) is 0 Å². The summed E-state index contributed by atoms with van der Waals surface area (Å²) in [6.45, 7) is 0.891. The van der Waals surface area contributed by atoms with E-state index in [0.717, 1.165) is 12.8 Å². The highest BCUT2D eigenvalue weighted by atomic mass is 16.3. The zero-order valence-corrected chi connectivity index (χ0v) is 9.78. The first kappa shape index (κ1) is 11.2. The summed E-state index contributed by atoms with van der Waals surface area (Å²) in [6.07, 6.45) is 3.49. The normalized spacial score (nSPS) is 21.2. The summed E-state index contributed by atoms with van der Waals surface area (Å²) in [5, 5.41) is 22.5. The van der Waals surface area contributed by atoms with Crippen molar-refractivity contribution < 1.29 is 9.90 Å². The summed E-state index contributed by atoms with van der Waals surface area (Å²) in [7, 11) is 0. The molecule has 2 fully saturated rings. The van der Waals surface area contributed by atoms with Crippen LogP contribution in [0.4, 0.5) is 0 Å². The predicted molar refractivity (Wildman–Crippen MR) is 59.0 cm³/mol. The van der Waals surface area contributed by atoms with E-state index in [-0.39, 0.29) is 18.3 Å². The number of amides is 1. The van der Waals surface area contributed by atoms with Crippen LogP contribution in [0.5, 0.6) is 0 Å². The van der Waals surface area contributed by atoms with Crippen molar-refractivity contribution in [2.75, 3.05) is 13.1 Å². The number of carbonyl (C=O) groups is 1. The minimum Gasteiger partial charge on any atom is -0.386 e. The molecule has 7 heteroatoms. The van der Waals surface area contributed by atoms with Crippen molar-refractivity contribution in [2.24, 2.45) is 5.92 Å². The van der Waals surface area contributed by atoms with Crippen LogP contribution >= 0.6 is 0 Å². The molecule has 0 spiro atoms. The predicted octanol–water partition coefficient (Wildman–Crippen LogP) is -0.867. The van der Waals surface area contributed by atoms with Gasteiger partial charge in [0, 0.05) is 0 Å². The lowest BCUT2D eigenvalue weighted by Crippen LogP contribution is -2.65. The lowest BCUT2D eigenvalue weighted by atomic mass is 9.89. The van der Waals surface area contributed by atoms with Gasteiger partial charge in [-0.25, -0.2) is 9.67 Å². The highest BCUT2D eigenvalue weighted by Crippen LogP contribution is 2.44. The molecule has 0 atom stereocenters. The molecule has 2 aliphatic rings. The van der Waals surface area contributed by atoms with Crippen LogP contribution < -0.4 is 0 Å². The molecule has 18 heavy (non-hydrogen) atoms. The molecule has 1 aliphatic carbocycles. The second-order valence-electron chi connectivity index (χ2n) is 5.01. The molecule has 1 N–H and O–H groups in total. The molecular weight excluding hydrogens is 234 g/mol. The summed E-state index contributed by atoms with van der Waals surface area (Å²) < 4.78 is 1.34. The number of likely N-dealkylation sites (tertiary alicyclic amines) is 1. The molecule has 1 aromatic heterocycles. The Hall–Kier alpha value is -1.94. The van der Waals surface area contributed by atoms with Gasteiger partial charge in [-0.3, -0.25) is 4.79 Å². The summed E-state index contributed by atoms with van der Waals surface area (Å²) in [6, 6.07) is 1.81. The molecule has 94 valence electrons. The number of hydrogen-bond donors (Lipinski definition) is 1. The Morgan fingerprint density at radius 2 is 2.33 bits per heavy atom. The van der Waals surface area contributed by atoms with Gasteiger partial charge < -0.3 is 10.0 Å². The summed E-state index contributed by atoms with van der Waals surface area (Å²) >= 11 is 0. The van der Waals surface area contributed by atoms with Crippen molar-refractivity contribution in [2.45, 2.75) is 25.0 Å². The third-order valence-corrected chi connectivity index (χ3v) is 3.55. The molecule has 1 saturated carbocycles. The number of hydrogen-bond acceptors (Lipinski definition) is 5. The fourth-order valence-corrected chi connectivity index (χ4v) is 2.33. The first-order valence-electron chi connectivity index (χ1n) is 5.90. The van der Waals surface area contributed by atoms with Crippen LogP contribution in [0.25, 0.3) is 0 Å². The van der Waals surface area contributed by atoms with Crippen molar-refractivity contribution in [3.8, 4) is 6.07 Å². The number of nitrogens with zero attached hydrogens (tertiary/aromatic N) is 5. The first-order chi connectivity index (χ1) is 8.60. The number of nitriles is 1. The van der Waals surface area contributed by atoms with Crippen molar-refractivity contribution in [1.29, 1.82) is 5.26 Å². The van der Waals surface area contributed by atoms with E-state index in [2.05, 4.69) is 10.1 Å². The maximum absolute atomic E-state index is 11.9. The fourth-order valence-electron chi connectivity index (χ4n) is 2.33. The van der Waals surface area contributed by atoms with Gasteiger partial charge in [0.05, 0.1) is 13.1 Å². The lowest BCUT2D eigenvalue weighted by Gasteiger charge is -2.46. The van der Waals surface area contributed by atoms with Crippen molar-refractivity contribution >= 4 is 5.91 Å². The van der Waals surface area contributed by atoms with Crippen LogP contribution in [0, 0.1) is 17.2 Å². The van der Waals surface area contributed by atoms with E-state index >= 15 is 0 Å². The zero-order chi connectivity index (χ0) is 12.8. The van der Waals surface area contributed by atoms with E-state index in [4.69, 9.17) is 5.26 Å². The monoisotopic (exact) mass is 247 g/mol. The molecule has 3 rings (SSSR count). The highest BCUT2D eigenvalue weighted by molar-refractivity contribution is 5.77. The van der Waals surface area contributed by atoms with Gasteiger partial charge in [0.1, 0.15) is 24.5 Å². The molecule has 0 unspecified atom stereocenters. The summed E-state index contributed by atoms with van der Waals surface area (Å²) in [5.74, 6) is 0.328. The largest absolute Gasteiger partial charge is 0.386 e. The number of aromatic nitrogens is 3. The highest BCUT2D eigenvalue weighted by Gasteiger charge is 2.53. The second-order valence-corrected chi connectivity index (χ2v) is 5.01. The Labute approximate surface area is 104 Å². The van der Waals surface area contributed by atoms with Crippen molar-refractivity contribution in [3.63, 3.8) is 0 Å². The Kier molecular flexibility index (Phi) is 2.35. The number of aliphatic hydroxyl groups is 1. The van der Waals surface area contributed by atoms with Gasteiger partial charge >= 0.3 is 0 Å². The minimum absolute atomic E-state index is 0.0564. The summed E-state index contributed by atoms with van der Waals surface area (Å²) in [4.78, 5) is 17.2. The minimum atomic E-state index is -0.657. The van der Waals surface area contributed by atoms with Crippen LogP contribution in [-0.2, 0) is 11.3 Å². The Morgan fingerprint density at radius 3 is 2.89 bits per heavy atom. The first-order valence-corrected chi connectivity index (χ1v) is 5.90. The molecule has 2 heterocycles. The van der Waals surface area contributed by atoms with Crippen LogP contribution in [-0.4, -0.2) is 49.4 Å². The quantitative estimate of drug-likeness (QED) is 0.749. The maximum Gasteiger partial charge on any atom is 0.252 e. The molecule has 1 aromatic rings. The van der Waals surface area contributed by atoms with Gasteiger partial charge in [0.25, 0.3) is 5.82 Å². The van der Waals surface area contributed by atoms with E-state index in [1.54, 1.807) is 11.0 Å². The molecule has 0 radical (unpaired) electrons. The third kappa shape index (κ3) is 1.84. The van der Waals surface area contributed by atoms with Crippen LogP contribution in [0.1, 0.15) is 18.7 Å². The Balaban J connectivity index is 1.55. The summed E-state index contributed by atoms with van der Waals surface area (Å²) in [5.41, 5.74) is -0.657. The zero-order valence-electron chi connectivity index (χ0n) is 9.78. The van der Waals surface area contributed by atoms with Crippen LogP contribution in [0.3, 0.4) is 0 Å². The van der Waals surface area contributed by atoms with E-state index in [1.807, 2.05) is 0 Å². The number of carbonyl (C=O) groups excluding carboxylic acids is 1. The molecule has 1 saturated heterocycles. The Bertz CT molecular complexity index is 522. The molecule has 1 aliphatic heterocycles. The van der Waals surface area contributed by atoms with E-state index in [1.165, 1.54) is 11.0 Å². The van der Waals surface area contributed by atoms with Crippen molar-refractivity contribution in [1.82, 2.24) is 19.7 Å². The van der Waals surface area contributed by atoms with Gasteiger partial charge in [-0.2, -0.15) is 5.26 Å². The fraction of sp³-hybridized carbons (Fsp3) is 0.636. The van der Waals surface area contributed by atoms with Crippen molar-refractivity contribution in [3.05, 3.63) is 12.2 Å². The lowest BCUT2D eigenvalue weighted by molar-refractivity contribution is -0.160. The van der Waals surface area contributed by atoms with E-state index < -0.39 is 5.60 Å². The van der Waals surface area contributed by atoms with E-state index in [0.29, 0.717) is 19.0 Å². The Morgan fingerprint density at radius 1 is 1.61 bits per heavy atom. The van der Waals surface area contributed by atoms with Crippen LogP contribution in [0.15, 0.2) is 6.33 Å². The van der Waals surface area contributed by atoms with Gasteiger partial charge in [-0.15, -0.1) is 5.10 Å². The van der Waals surface area contributed by atoms with Gasteiger partial charge in [0.2, 0.25) is 5.91 Å². The third-order valence-electron chi connectivity index (χ3n) is 3.55. The SMILES string of the molecule is N#Cc1ncn(CC(=O)N2CC(O)(C3CC3)C2)n1. The maximum atomic E-state index is 11.9. The molecule has 0 aromatic carbocycles. The average Bonchev–Trinajstić information content (AvgIpc) is 3.07. The standard InChI is InChI=1S/C11H13N5O2/c12-3-9-13-7-16(14-9)4-10(17)15-5-11(18,6-15)8-1-2-8/h7-8,18H,1-2,4-6H2. The number of rotatable bonds is 3. The smallest absolute Gasteiger partial charge is 0.252 e. The van der Waals surface area contributed by atoms with E-state index in [9.17, 15) is 9.90 Å². The molecular formula is C11H13N5O2. The molecule has 7 nitrogen and oxygen atoms in total. The second kappa shape index (κ2) is 3.78. The average molecular weight is 247 g/mol.